The summed E-state index contributed by atoms with van der Waals surface area (Å²) in [4.78, 5) is 46.3. The summed E-state index contributed by atoms with van der Waals surface area (Å²) in [6.07, 6.45) is 4.58. The zero-order chi connectivity index (χ0) is 22.0. The standard InChI is InChI=1S/C22H18FN5O3/c1-27-19-12-25-18(20(29)26-11-14-6-8-24-9-7-14)10-17(19)21(30)28(22(27)31)13-15-2-4-16(23)5-3-15/h2-10,12H,11,13H2,1H3,(H,26,29). The molecular weight excluding hydrogens is 401 g/mol. The number of rotatable bonds is 5. The van der Waals surface area contributed by atoms with Crippen LogP contribution in [-0.4, -0.2) is 25.0 Å². The summed E-state index contributed by atoms with van der Waals surface area (Å²) in [5, 5.41) is 2.93. The number of hydrogen-bond donors (Lipinski definition) is 1. The second kappa shape index (κ2) is 8.31. The summed E-state index contributed by atoms with van der Waals surface area (Å²) in [5.41, 5.74) is 0.769. The summed E-state index contributed by atoms with van der Waals surface area (Å²) < 4.78 is 15.5. The SMILES string of the molecule is Cn1c(=O)n(Cc2ccc(F)cc2)c(=O)c2cc(C(=O)NCc3ccncc3)ncc21. The predicted molar refractivity (Wildman–Crippen MR) is 112 cm³/mol. The van der Waals surface area contributed by atoms with Crippen molar-refractivity contribution in [3.8, 4) is 0 Å². The zero-order valence-electron chi connectivity index (χ0n) is 16.6. The first-order chi connectivity index (χ1) is 14.9. The Morgan fingerprint density at radius 1 is 1.06 bits per heavy atom. The first kappa shape index (κ1) is 20.1. The Morgan fingerprint density at radius 2 is 1.77 bits per heavy atom. The van der Waals surface area contributed by atoms with Gasteiger partial charge >= 0.3 is 5.69 Å². The highest BCUT2D eigenvalue weighted by molar-refractivity contribution is 5.95. The second-order valence-electron chi connectivity index (χ2n) is 6.98. The van der Waals surface area contributed by atoms with Crippen molar-refractivity contribution in [1.29, 1.82) is 0 Å². The van der Waals surface area contributed by atoms with Crippen molar-refractivity contribution in [3.05, 3.63) is 105 Å². The molecule has 4 rings (SSSR count). The summed E-state index contributed by atoms with van der Waals surface area (Å²) >= 11 is 0. The maximum Gasteiger partial charge on any atom is 0.331 e. The third kappa shape index (κ3) is 4.11. The first-order valence-corrected chi connectivity index (χ1v) is 9.45. The van der Waals surface area contributed by atoms with Gasteiger partial charge in [-0.1, -0.05) is 12.1 Å². The minimum Gasteiger partial charge on any atom is -0.347 e. The lowest BCUT2D eigenvalue weighted by molar-refractivity contribution is 0.0946. The van der Waals surface area contributed by atoms with Crippen molar-refractivity contribution in [1.82, 2.24) is 24.4 Å². The molecule has 0 atom stereocenters. The lowest BCUT2D eigenvalue weighted by atomic mass is 10.2. The molecule has 9 heteroatoms. The fraction of sp³-hybridized carbons (Fsp3) is 0.136. The van der Waals surface area contributed by atoms with Crippen molar-refractivity contribution < 1.29 is 9.18 Å². The lowest BCUT2D eigenvalue weighted by Gasteiger charge is -2.12. The molecule has 0 aliphatic carbocycles. The Kier molecular flexibility index (Phi) is 5.40. The van der Waals surface area contributed by atoms with E-state index in [1.807, 2.05) is 0 Å². The Morgan fingerprint density at radius 3 is 2.48 bits per heavy atom. The van der Waals surface area contributed by atoms with Crippen LogP contribution in [0.3, 0.4) is 0 Å². The molecule has 0 unspecified atom stereocenters. The Hall–Kier alpha value is -4.14. The molecule has 0 aliphatic rings. The number of halogens is 1. The van der Waals surface area contributed by atoms with Crippen LogP contribution in [0.1, 0.15) is 21.6 Å². The van der Waals surface area contributed by atoms with Gasteiger partial charge in [0.25, 0.3) is 11.5 Å². The third-order valence-electron chi connectivity index (χ3n) is 4.93. The molecule has 31 heavy (non-hydrogen) atoms. The molecule has 3 heterocycles. The molecule has 0 saturated carbocycles. The highest BCUT2D eigenvalue weighted by Gasteiger charge is 2.15. The average molecular weight is 419 g/mol. The van der Waals surface area contributed by atoms with E-state index < -0.39 is 23.0 Å². The number of aromatic nitrogens is 4. The van der Waals surface area contributed by atoms with Crippen LogP contribution >= 0.6 is 0 Å². The van der Waals surface area contributed by atoms with Gasteiger partial charge in [-0.25, -0.2) is 14.2 Å². The number of nitrogens with zero attached hydrogens (tertiary/aromatic N) is 4. The van der Waals surface area contributed by atoms with Gasteiger partial charge in [-0.3, -0.25) is 23.7 Å². The lowest BCUT2D eigenvalue weighted by Crippen LogP contribution is -2.39. The molecule has 8 nitrogen and oxygen atoms in total. The minimum atomic E-state index is -0.548. The molecule has 4 aromatic rings. The van der Waals surface area contributed by atoms with Gasteiger partial charge in [0.2, 0.25) is 0 Å². The second-order valence-corrected chi connectivity index (χ2v) is 6.98. The van der Waals surface area contributed by atoms with Crippen molar-refractivity contribution in [2.45, 2.75) is 13.1 Å². The van der Waals surface area contributed by atoms with Crippen molar-refractivity contribution >= 4 is 16.8 Å². The number of carbonyl (C=O) groups excluding carboxylic acids is 1. The number of amides is 1. The van der Waals surface area contributed by atoms with Crippen molar-refractivity contribution in [2.24, 2.45) is 7.05 Å². The molecule has 1 amide bonds. The Labute approximate surface area is 175 Å². The molecule has 156 valence electrons. The predicted octanol–water partition coefficient (Wildman–Crippen LogP) is 1.61. The quantitative estimate of drug-likeness (QED) is 0.530. The molecule has 0 bridgehead atoms. The van der Waals surface area contributed by atoms with Crippen LogP contribution < -0.4 is 16.6 Å². The maximum atomic E-state index is 13.2. The summed E-state index contributed by atoms with van der Waals surface area (Å²) in [5.74, 6) is -0.854. The van der Waals surface area contributed by atoms with E-state index in [4.69, 9.17) is 0 Å². The van der Waals surface area contributed by atoms with Gasteiger partial charge in [-0.2, -0.15) is 0 Å². The van der Waals surface area contributed by atoms with Gasteiger partial charge in [0.15, 0.2) is 0 Å². The summed E-state index contributed by atoms with van der Waals surface area (Å²) in [6.45, 7) is 0.261. The molecule has 0 fully saturated rings. The van der Waals surface area contributed by atoms with Crippen LogP contribution in [0.2, 0.25) is 0 Å². The van der Waals surface area contributed by atoms with Crippen LogP contribution in [0.4, 0.5) is 4.39 Å². The van der Waals surface area contributed by atoms with Crippen LogP contribution in [0.15, 0.2) is 70.6 Å². The van der Waals surface area contributed by atoms with E-state index >= 15 is 0 Å². The summed E-state index contributed by atoms with van der Waals surface area (Å²) in [6, 6.07) is 10.5. The number of fused-ring (bicyclic) bond motifs is 1. The Balaban J connectivity index is 1.69. The zero-order valence-corrected chi connectivity index (χ0v) is 16.6. The first-order valence-electron chi connectivity index (χ1n) is 9.45. The number of benzene rings is 1. The normalized spacial score (nSPS) is 10.9. The molecule has 0 spiro atoms. The number of hydrogen-bond acceptors (Lipinski definition) is 5. The van der Waals surface area contributed by atoms with Gasteiger partial charge in [0.1, 0.15) is 11.5 Å². The molecule has 0 aliphatic heterocycles. The molecular formula is C22H18FN5O3. The van der Waals surface area contributed by atoms with E-state index in [0.717, 1.165) is 10.1 Å². The molecule has 0 radical (unpaired) electrons. The number of aryl methyl sites for hydroxylation is 1. The van der Waals surface area contributed by atoms with Gasteiger partial charge in [-0.05, 0) is 41.5 Å². The maximum absolute atomic E-state index is 13.2. The van der Waals surface area contributed by atoms with Crippen molar-refractivity contribution in [3.63, 3.8) is 0 Å². The van der Waals surface area contributed by atoms with E-state index in [-0.39, 0.29) is 24.2 Å². The third-order valence-corrected chi connectivity index (χ3v) is 4.93. The van der Waals surface area contributed by atoms with Gasteiger partial charge in [0, 0.05) is 26.0 Å². The van der Waals surface area contributed by atoms with Gasteiger partial charge < -0.3 is 5.32 Å². The largest absolute Gasteiger partial charge is 0.347 e. The molecule has 1 N–H and O–H groups in total. The van der Waals surface area contributed by atoms with Crippen molar-refractivity contribution in [2.75, 3.05) is 0 Å². The number of pyridine rings is 2. The fourth-order valence-electron chi connectivity index (χ4n) is 3.21. The smallest absolute Gasteiger partial charge is 0.331 e. The molecule has 0 saturated heterocycles. The van der Waals surface area contributed by atoms with E-state index in [9.17, 15) is 18.8 Å². The van der Waals surface area contributed by atoms with Crippen LogP contribution in [0, 0.1) is 5.82 Å². The van der Waals surface area contributed by atoms with E-state index in [1.165, 1.54) is 48.1 Å². The monoisotopic (exact) mass is 419 g/mol. The highest BCUT2D eigenvalue weighted by Crippen LogP contribution is 2.10. The number of carbonyl (C=O) groups is 1. The topological polar surface area (TPSA) is 98.9 Å². The molecule has 3 aromatic heterocycles. The van der Waals surface area contributed by atoms with Crippen LogP contribution in [-0.2, 0) is 20.1 Å². The summed E-state index contributed by atoms with van der Waals surface area (Å²) in [7, 11) is 1.52. The van der Waals surface area contributed by atoms with Crippen LogP contribution in [0.25, 0.3) is 10.9 Å². The van der Waals surface area contributed by atoms with Gasteiger partial charge in [0.05, 0.1) is 23.6 Å². The van der Waals surface area contributed by atoms with E-state index in [2.05, 4.69) is 15.3 Å². The average Bonchev–Trinajstić information content (AvgIpc) is 2.80. The van der Waals surface area contributed by atoms with Gasteiger partial charge in [-0.15, -0.1) is 0 Å². The highest BCUT2D eigenvalue weighted by atomic mass is 19.1. The molecule has 1 aromatic carbocycles. The Bertz CT molecular complexity index is 1380. The number of nitrogens with one attached hydrogen (secondary N) is 1. The van der Waals surface area contributed by atoms with E-state index in [0.29, 0.717) is 11.1 Å². The van der Waals surface area contributed by atoms with Crippen LogP contribution in [0.5, 0.6) is 0 Å². The van der Waals surface area contributed by atoms with E-state index in [1.54, 1.807) is 24.5 Å². The fourth-order valence-corrected chi connectivity index (χ4v) is 3.21. The minimum absolute atomic E-state index is 0.0202.